The first-order valence-corrected chi connectivity index (χ1v) is 8.64. The van der Waals surface area contributed by atoms with Gasteiger partial charge in [0.1, 0.15) is 4.75 Å². The Bertz CT molecular complexity index is 769. The van der Waals surface area contributed by atoms with Crippen LogP contribution in [0.5, 0.6) is 0 Å². The van der Waals surface area contributed by atoms with Crippen LogP contribution in [0.25, 0.3) is 0 Å². The molecule has 2 aromatic carbocycles. The van der Waals surface area contributed by atoms with Gasteiger partial charge < -0.3 is 0 Å². The number of rotatable bonds is 3. The lowest BCUT2D eigenvalue weighted by Crippen LogP contribution is -2.35. The van der Waals surface area contributed by atoms with E-state index in [2.05, 4.69) is 0 Å². The second kappa shape index (κ2) is 5.52. The maximum absolute atomic E-state index is 12.3. The predicted octanol–water partition coefficient (Wildman–Crippen LogP) is 4.07. The second-order valence-electron chi connectivity index (χ2n) is 6.15. The lowest BCUT2D eigenvalue weighted by molar-refractivity contribution is 0.452. The molecule has 1 N–H and O–H groups in total. The fraction of sp³-hybridized carbons (Fsp3) is 0.333. The first-order valence-electron chi connectivity index (χ1n) is 7.20. The normalized spacial score (nSPS) is 12.5. The quantitative estimate of drug-likeness (QED) is 0.868. The molecule has 0 saturated carbocycles. The van der Waals surface area contributed by atoms with Crippen LogP contribution in [-0.4, -0.2) is 13.0 Å². The van der Waals surface area contributed by atoms with Crippen molar-refractivity contribution in [2.75, 3.05) is 0 Å². The van der Waals surface area contributed by atoms with E-state index in [0.717, 1.165) is 22.3 Å². The third kappa shape index (κ3) is 2.69. The Morgan fingerprint density at radius 1 is 0.818 bits per heavy atom. The zero-order valence-corrected chi connectivity index (χ0v) is 14.5. The molecule has 0 saturated heterocycles. The van der Waals surface area contributed by atoms with Crippen molar-refractivity contribution >= 4 is 10.1 Å². The molecule has 0 fully saturated rings. The van der Waals surface area contributed by atoms with Gasteiger partial charge in [-0.2, -0.15) is 8.42 Å². The molecule has 0 heterocycles. The molecule has 0 aliphatic carbocycles. The first-order chi connectivity index (χ1) is 10.1. The van der Waals surface area contributed by atoms with Crippen LogP contribution < -0.4 is 0 Å². The van der Waals surface area contributed by atoms with Gasteiger partial charge in [-0.1, -0.05) is 47.5 Å². The average molecular weight is 318 g/mol. The van der Waals surface area contributed by atoms with Crippen LogP contribution in [0.4, 0.5) is 0 Å². The van der Waals surface area contributed by atoms with Crippen LogP contribution in [0.1, 0.15) is 40.3 Å². The maximum Gasteiger partial charge on any atom is 0.278 e. The van der Waals surface area contributed by atoms with E-state index in [0.29, 0.717) is 11.1 Å². The van der Waals surface area contributed by atoms with Gasteiger partial charge in [0.25, 0.3) is 10.1 Å². The van der Waals surface area contributed by atoms with Crippen LogP contribution in [0, 0.1) is 27.7 Å². The molecule has 3 nitrogen and oxygen atoms in total. The third-order valence-electron chi connectivity index (χ3n) is 4.31. The van der Waals surface area contributed by atoms with Crippen molar-refractivity contribution in [2.24, 2.45) is 0 Å². The summed E-state index contributed by atoms with van der Waals surface area (Å²) in [4.78, 5) is 0. The molecule has 0 spiro atoms. The lowest BCUT2D eigenvalue weighted by Gasteiger charge is -2.30. The van der Waals surface area contributed by atoms with Crippen LogP contribution in [0.15, 0.2) is 36.4 Å². The Kier molecular flexibility index (Phi) is 4.20. The molecular formula is C18H22O3S. The molecule has 0 aliphatic rings. The van der Waals surface area contributed by atoms with Crippen LogP contribution in [0.3, 0.4) is 0 Å². The number of benzene rings is 2. The van der Waals surface area contributed by atoms with Gasteiger partial charge in [0.05, 0.1) is 0 Å². The van der Waals surface area contributed by atoms with E-state index in [1.165, 1.54) is 0 Å². The largest absolute Gasteiger partial charge is 0.285 e. The van der Waals surface area contributed by atoms with Crippen molar-refractivity contribution in [2.45, 2.75) is 39.4 Å². The van der Waals surface area contributed by atoms with Gasteiger partial charge in [-0.15, -0.1) is 0 Å². The maximum atomic E-state index is 12.3. The summed E-state index contributed by atoms with van der Waals surface area (Å²) >= 11 is 0. The van der Waals surface area contributed by atoms with Gasteiger partial charge >= 0.3 is 0 Å². The van der Waals surface area contributed by atoms with E-state index < -0.39 is 14.9 Å². The van der Waals surface area contributed by atoms with Crippen LogP contribution in [0.2, 0.25) is 0 Å². The summed E-state index contributed by atoms with van der Waals surface area (Å²) in [5, 5.41) is 0. The minimum absolute atomic E-state index is 0.604. The fourth-order valence-corrected chi connectivity index (χ4v) is 4.13. The summed E-state index contributed by atoms with van der Waals surface area (Å²) in [7, 11) is -4.34. The molecule has 2 rings (SSSR count). The summed E-state index contributed by atoms with van der Waals surface area (Å²) in [6, 6.07) is 11.2. The van der Waals surface area contributed by atoms with Crippen LogP contribution in [-0.2, 0) is 14.9 Å². The van der Waals surface area contributed by atoms with Crippen molar-refractivity contribution in [1.29, 1.82) is 0 Å². The van der Waals surface area contributed by atoms with E-state index in [9.17, 15) is 13.0 Å². The van der Waals surface area contributed by atoms with Crippen molar-refractivity contribution < 1.29 is 13.0 Å². The molecular weight excluding hydrogens is 296 g/mol. The summed E-state index contributed by atoms with van der Waals surface area (Å²) in [5.74, 6) is 0. The highest BCUT2D eigenvalue weighted by molar-refractivity contribution is 7.87. The van der Waals surface area contributed by atoms with Gasteiger partial charge in [-0.3, -0.25) is 4.55 Å². The zero-order chi connectivity index (χ0) is 16.7. The summed E-state index contributed by atoms with van der Waals surface area (Å²) in [6.45, 7) is 9.22. The highest BCUT2D eigenvalue weighted by Crippen LogP contribution is 2.40. The van der Waals surface area contributed by atoms with Crippen molar-refractivity contribution in [3.05, 3.63) is 69.8 Å². The van der Waals surface area contributed by atoms with Gasteiger partial charge in [-0.05, 0) is 56.9 Å². The number of hydrogen-bond donors (Lipinski definition) is 1. The Hall–Kier alpha value is -1.65. The van der Waals surface area contributed by atoms with Gasteiger partial charge in [0.2, 0.25) is 0 Å². The van der Waals surface area contributed by atoms with E-state index >= 15 is 0 Å². The van der Waals surface area contributed by atoms with Crippen molar-refractivity contribution in [3.63, 3.8) is 0 Å². The molecule has 118 valence electrons. The van der Waals surface area contributed by atoms with Gasteiger partial charge in [0.15, 0.2) is 0 Å². The standard InChI is InChI=1S/C18H22O3S/c1-12-6-8-16(14(3)10-12)18(5,22(19,20)21)17-9-7-13(2)11-15(17)4/h6-11H,1-5H3,(H,19,20,21). The molecule has 0 aliphatic heterocycles. The lowest BCUT2D eigenvalue weighted by atomic mass is 9.85. The Morgan fingerprint density at radius 3 is 1.45 bits per heavy atom. The Morgan fingerprint density at radius 2 is 1.18 bits per heavy atom. The summed E-state index contributed by atoms with van der Waals surface area (Å²) in [6.07, 6.45) is 0. The van der Waals surface area contributed by atoms with E-state index in [1.807, 2.05) is 52.0 Å². The minimum Gasteiger partial charge on any atom is -0.285 e. The molecule has 0 amide bonds. The average Bonchev–Trinajstić information content (AvgIpc) is 2.36. The van der Waals surface area contributed by atoms with Gasteiger partial charge in [0, 0.05) is 0 Å². The summed E-state index contributed by atoms with van der Waals surface area (Å²) < 4.78 is 33.1. The highest BCUT2D eigenvalue weighted by Gasteiger charge is 2.43. The van der Waals surface area contributed by atoms with E-state index in [1.54, 1.807) is 19.1 Å². The fourth-order valence-electron chi connectivity index (χ4n) is 3.12. The monoisotopic (exact) mass is 318 g/mol. The number of aryl methyl sites for hydroxylation is 4. The van der Waals surface area contributed by atoms with E-state index in [-0.39, 0.29) is 0 Å². The zero-order valence-electron chi connectivity index (χ0n) is 13.6. The van der Waals surface area contributed by atoms with Crippen molar-refractivity contribution in [1.82, 2.24) is 0 Å². The van der Waals surface area contributed by atoms with Crippen molar-refractivity contribution in [3.8, 4) is 0 Å². The second-order valence-corrected chi connectivity index (χ2v) is 7.91. The third-order valence-corrected chi connectivity index (χ3v) is 5.78. The van der Waals surface area contributed by atoms with Gasteiger partial charge in [-0.25, -0.2) is 0 Å². The Labute approximate surface area is 132 Å². The summed E-state index contributed by atoms with van der Waals surface area (Å²) in [5.41, 5.74) is 5.01. The Balaban J connectivity index is 2.85. The van der Waals surface area contributed by atoms with E-state index in [4.69, 9.17) is 0 Å². The topological polar surface area (TPSA) is 54.4 Å². The SMILES string of the molecule is Cc1ccc(C(C)(c2ccc(C)cc2C)S(=O)(=O)O)c(C)c1. The first kappa shape index (κ1) is 16.7. The molecule has 4 heteroatoms. The highest BCUT2D eigenvalue weighted by atomic mass is 32.2. The molecule has 0 bridgehead atoms. The molecule has 0 unspecified atom stereocenters. The molecule has 0 atom stereocenters. The molecule has 0 aromatic heterocycles. The smallest absolute Gasteiger partial charge is 0.278 e. The minimum atomic E-state index is -4.34. The number of hydrogen-bond acceptors (Lipinski definition) is 2. The predicted molar refractivity (Wildman–Crippen MR) is 89.8 cm³/mol. The molecule has 2 aromatic rings. The van der Waals surface area contributed by atoms with Crippen LogP contribution >= 0.6 is 0 Å². The molecule has 0 radical (unpaired) electrons. The molecule has 22 heavy (non-hydrogen) atoms.